The van der Waals surface area contributed by atoms with Gasteiger partial charge in [-0.2, -0.15) is 0 Å². The standard InChI is InChI=1S/C14H17F2NO3/c1-2-5-17-8-10(7-12(17)14(18)19)20-13-6-9(15)3-4-11(13)16/h3-4,6,10,12H,2,5,7-8H2,1H3,(H,18,19). The van der Waals surface area contributed by atoms with E-state index in [2.05, 4.69) is 0 Å². The molecule has 20 heavy (non-hydrogen) atoms. The van der Waals surface area contributed by atoms with Crippen molar-refractivity contribution in [1.29, 1.82) is 0 Å². The van der Waals surface area contributed by atoms with E-state index in [4.69, 9.17) is 9.84 Å². The van der Waals surface area contributed by atoms with Crippen LogP contribution in [-0.2, 0) is 4.79 Å². The Balaban J connectivity index is 2.07. The highest BCUT2D eigenvalue weighted by molar-refractivity contribution is 5.74. The van der Waals surface area contributed by atoms with Crippen LogP contribution in [0.2, 0.25) is 0 Å². The number of carboxylic acid groups (broad SMARTS) is 1. The third kappa shape index (κ3) is 3.25. The summed E-state index contributed by atoms with van der Waals surface area (Å²) in [6.07, 6.45) is 0.648. The van der Waals surface area contributed by atoms with Crippen LogP contribution in [0.5, 0.6) is 5.75 Å². The van der Waals surface area contributed by atoms with Gasteiger partial charge in [-0.25, -0.2) is 8.78 Å². The molecule has 1 aliphatic rings. The summed E-state index contributed by atoms with van der Waals surface area (Å²) < 4.78 is 32.0. The van der Waals surface area contributed by atoms with Gasteiger partial charge in [-0.15, -0.1) is 0 Å². The number of likely N-dealkylation sites (tertiary alicyclic amines) is 1. The first-order valence-corrected chi connectivity index (χ1v) is 6.59. The number of benzene rings is 1. The molecule has 110 valence electrons. The van der Waals surface area contributed by atoms with E-state index in [1.54, 1.807) is 4.90 Å². The van der Waals surface area contributed by atoms with Crippen LogP contribution in [-0.4, -0.2) is 41.2 Å². The summed E-state index contributed by atoms with van der Waals surface area (Å²) >= 11 is 0. The molecule has 1 heterocycles. The molecule has 0 radical (unpaired) electrons. The van der Waals surface area contributed by atoms with Gasteiger partial charge >= 0.3 is 5.97 Å². The van der Waals surface area contributed by atoms with E-state index < -0.39 is 29.7 Å². The Morgan fingerprint density at radius 1 is 1.50 bits per heavy atom. The first-order chi connectivity index (χ1) is 9.51. The summed E-state index contributed by atoms with van der Waals surface area (Å²) in [5, 5.41) is 9.16. The molecule has 0 amide bonds. The van der Waals surface area contributed by atoms with Crippen LogP contribution in [0.3, 0.4) is 0 Å². The summed E-state index contributed by atoms with van der Waals surface area (Å²) in [6.45, 7) is 3.00. The molecule has 1 aliphatic heterocycles. The topological polar surface area (TPSA) is 49.8 Å². The fraction of sp³-hybridized carbons (Fsp3) is 0.500. The van der Waals surface area contributed by atoms with Crippen molar-refractivity contribution in [1.82, 2.24) is 4.90 Å². The molecule has 2 unspecified atom stereocenters. The van der Waals surface area contributed by atoms with Crippen LogP contribution in [0.4, 0.5) is 8.78 Å². The van der Waals surface area contributed by atoms with E-state index in [-0.39, 0.29) is 12.2 Å². The normalized spacial score (nSPS) is 22.9. The Kier molecular flexibility index (Phi) is 4.54. The summed E-state index contributed by atoms with van der Waals surface area (Å²) in [6, 6.07) is 2.36. The Bertz CT molecular complexity index is 495. The van der Waals surface area contributed by atoms with Crippen molar-refractivity contribution in [2.45, 2.75) is 31.9 Å². The van der Waals surface area contributed by atoms with Gasteiger partial charge in [0.1, 0.15) is 18.0 Å². The third-order valence-electron chi connectivity index (χ3n) is 3.35. The van der Waals surface area contributed by atoms with Crippen molar-refractivity contribution in [3.63, 3.8) is 0 Å². The number of hydrogen-bond donors (Lipinski definition) is 1. The number of carbonyl (C=O) groups is 1. The average molecular weight is 285 g/mol. The van der Waals surface area contributed by atoms with Crippen molar-refractivity contribution in [3.05, 3.63) is 29.8 Å². The van der Waals surface area contributed by atoms with Crippen molar-refractivity contribution >= 4 is 5.97 Å². The molecule has 6 heteroatoms. The van der Waals surface area contributed by atoms with Crippen LogP contribution in [0.25, 0.3) is 0 Å². The third-order valence-corrected chi connectivity index (χ3v) is 3.35. The highest BCUT2D eigenvalue weighted by Gasteiger charge is 2.37. The number of hydrogen-bond acceptors (Lipinski definition) is 3. The molecular formula is C14H17F2NO3. The van der Waals surface area contributed by atoms with Crippen molar-refractivity contribution in [3.8, 4) is 5.75 Å². The quantitative estimate of drug-likeness (QED) is 0.901. The SMILES string of the molecule is CCCN1CC(Oc2cc(F)ccc2F)CC1C(=O)O. The number of aliphatic carboxylic acids is 1. The Hall–Kier alpha value is -1.69. The molecule has 1 aromatic carbocycles. The molecule has 1 saturated heterocycles. The molecule has 2 rings (SSSR count). The molecule has 1 aromatic rings. The zero-order valence-corrected chi connectivity index (χ0v) is 11.2. The second kappa shape index (κ2) is 6.17. The minimum Gasteiger partial charge on any atom is -0.486 e. The molecule has 0 aliphatic carbocycles. The van der Waals surface area contributed by atoms with Gasteiger partial charge in [0.2, 0.25) is 0 Å². The van der Waals surface area contributed by atoms with Crippen molar-refractivity contribution in [2.24, 2.45) is 0 Å². The zero-order valence-electron chi connectivity index (χ0n) is 11.2. The molecule has 0 bridgehead atoms. The van der Waals surface area contributed by atoms with E-state index in [1.165, 1.54) is 0 Å². The van der Waals surface area contributed by atoms with Crippen LogP contribution in [0.1, 0.15) is 19.8 Å². The minimum atomic E-state index is -0.913. The first-order valence-electron chi connectivity index (χ1n) is 6.59. The summed E-state index contributed by atoms with van der Waals surface area (Å²) in [4.78, 5) is 13.0. The molecule has 1 fully saturated rings. The lowest BCUT2D eigenvalue weighted by Crippen LogP contribution is -2.36. The van der Waals surface area contributed by atoms with Gasteiger partial charge in [-0.05, 0) is 25.1 Å². The van der Waals surface area contributed by atoms with Gasteiger partial charge in [0.05, 0.1) is 0 Å². The number of halogens is 2. The number of rotatable bonds is 5. The van der Waals surface area contributed by atoms with E-state index in [1.807, 2.05) is 6.92 Å². The first kappa shape index (κ1) is 14.7. The van der Waals surface area contributed by atoms with Crippen LogP contribution in [0, 0.1) is 11.6 Å². The molecule has 0 spiro atoms. The van der Waals surface area contributed by atoms with Gasteiger partial charge in [0.15, 0.2) is 11.6 Å². The van der Waals surface area contributed by atoms with E-state index in [0.29, 0.717) is 13.1 Å². The largest absolute Gasteiger partial charge is 0.486 e. The smallest absolute Gasteiger partial charge is 0.321 e. The Labute approximate surface area is 116 Å². The highest BCUT2D eigenvalue weighted by atomic mass is 19.1. The maximum absolute atomic E-state index is 13.5. The van der Waals surface area contributed by atoms with Gasteiger partial charge in [-0.1, -0.05) is 6.92 Å². The van der Waals surface area contributed by atoms with Gasteiger partial charge in [-0.3, -0.25) is 9.69 Å². The van der Waals surface area contributed by atoms with Gasteiger partial charge in [0.25, 0.3) is 0 Å². The van der Waals surface area contributed by atoms with Gasteiger partial charge < -0.3 is 9.84 Å². The summed E-state index contributed by atoms with van der Waals surface area (Å²) in [5.41, 5.74) is 0. The molecule has 1 N–H and O–H groups in total. The number of ether oxygens (including phenoxy) is 1. The Morgan fingerprint density at radius 2 is 2.25 bits per heavy atom. The van der Waals surface area contributed by atoms with E-state index in [0.717, 1.165) is 24.6 Å². The van der Waals surface area contributed by atoms with Crippen LogP contribution < -0.4 is 4.74 Å². The molecule has 0 aromatic heterocycles. The van der Waals surface area contributed by atoms with Gasteiger partial charge in [0, 0.05) is 19.0 Å². The van der Waals surface area contributed by atoms with Crippen molar-refractivity contribution in [2.75, 3.05) is 13.1 Å². The maximum Gasteiger partial charge on any atom is 0.321 e. The molecule has 2 atom stereocenters. The highest BCUT2D eigenvalue weighted by Crippen LogP contribution is 2.25. The number of nitrogens with zero attached hydrogens (tertiary/aromatic N) is 1. The summed E-state index contributed by atoms with van der Waals surface area (Å²) in [5.74, 6) is -2.31. The lowest BCUT2D eigenvalue weighted by molar-refractivity contribution is -0.142. The molecular weight excluding hydrogens is 268 g/mol. The second-order valence-corrected chi connectivity index (χ2v) is 4.90. The predicted molar refractivity (Wildman–Crippen MR) is 68.7 cm³/mol. The van der Waals surface area contributed by atoms with E-state index in [9.17, 15) is 13.6 Å². The zero-order chi connectivity index (χ0) is 14.7. The predicted octanol–water partition coefficient (Wildman–Crippen LogP) is 2.28. The fourth-order valence-corrected chi connectivity index (χ4v) is 2.49. The molecule has 4 nitrogen and oxygen atoms in total. The monoisotopic (exact) mass is 285 g/mol. The molecule has 0 saturated carbocycles. The number of carboxylic acids is 1. The van der Waals surface area contributed by atoms with Crippen molar-refractivity contribution < 1.29 is 23.4 Å². The second-order valence-electron chi connectivity index (χ2n) is 4.90. The lowest BCUT2D eigenvalue weighted by atomic mass is 10.2. The maximum atomic E-state index is 13.5. The minimum absolute atomic E-state index is 0.169. The van der Waals surface area contributed by atoms with E-state index >= 15 is 0 Å². The van der Waals surface area contributed by atoms with Crippen LogP contribution in [0.15, 0.2) is 18.2 Å². The summed E-state index contributed by atoms with van der Waals surface area (Å²) in [7, 11) is 0. The lowest BCUT2D eigenvalue weighted by Gasteiger charge is -2.19. The fourth-order valence-electron chi connectivity index (χ4n) is 2.49. The van der Waals surface area contributed by atoms with Crippen LogP contribution >= 0.6 is 0 Å². The average Bonchev–Trinajstić information content (AvgIpc) is 2.77. The Morgan fingerprint density at radius 3 is 2.90 bits per heavy atom.